The van der Waals surface area contributed by atoms with Gasteiger partial charge >= 0.3 is 5.97 Å². The number of methoxy groups -OCH3 is 1. The molecule has 138 valence electrons. The Balaban J connectivity index is 2.32. The van der Waals surface area contributed by atoms with Gasteiger partial charge in [0.15, 0.2) is 0 Å². The molecule has 1 atom stereocenters. The Morgan fingerprint density at radius 3 is 2.36 bits per heavy atom. The van der Waals surface area contributed by atoms with E-state index in [0.29, 0.717) is 25.0 Å². The number of rotatable bonds is 11. The topological polar surface area (TPSA) is 118 Å². The number of carbonyl (C=O) groups is 3. The SMILES string of the molecule is COC(=O)[C@@H](Cc1ccccn1)NC(=O)CCCCCCC(=O)NO. The van der Waals surface area contributed by atoms with Crippen LogP contribution in [0.15, 0.2) is 24.4 Å². The number of hydroxylamine groups is 1. The predicted octanol–water partition coefficient (Wildman–Crippen LogP) is 1.13. The molecule has 0 saturated heterocycles. The first-order valence-electron chi connectivity index (χ1n) is 8.27. The van der Waals surface area contributed by atoms with E-state index >= 15 is 0 Å². The van der Waals surface area contributed by atoms with E-state index in [1.165, 1.54) is 7.11 Å². The van der Waals surface area contributed by atoms with Gasteiger partial charge in [0.1, 0.15) is 6.04 Å². The van der Waals surface area contributed by atoms with E-state index in [1.807, 2.05) is 6.07 Å². The summed E-state index contributed by atoms with van der Waals surface area (Å²) >= 11 is 0. The zero-order valence-corrected chi connectivity index (χ0v) is 14.4. The molecule has 1 aromatic rings. The van der Waals surface area contributed by atoms with Crippen LogP contribution in [0.1, 0.15) is 44.2 Å². The Bertz CT molecular complexity index is 550. The number of unbranched alkanes of at least 4 members (excludes halogenated alkanes) is 3. The van der Waals surface area contributed by atoms with Crippen LogP contribution >= 0.6 is 0 Å². The normalized spacial score (nSPS) is 11.4. The van der Waals surface area contributed by atoms with Gasteiger partial charge in [-0.05, 0) is 25.0 Å². The summed E-state index contributed by atoms with van der Waals surface area (Å²) in [4.78, 5) is 38.8. The van der Waals surface area contributed by atoms with Gasteiger partial charge in [-0.3, -0.25) is 19.8 Å². The van der Waals surface area contributed by atoms with E-state index in [4.69, 9.17) is 9.94 Å². The summed E-state index contributed by atoms with van der Waals surface area (Å²) in [5.74, 6) is -1.14. The number of ether oxygens (including phenoxy) is 1. The highest BCUT2D eigenvalue weighted by Crippen LogP contribution is 2.07. The molecule has 0 aliphatic heterocycles. The summed E-state index contributed by atoms with van der Waals surface area (Å²) < 4.78 is 4.74. The van der Waals surface area contributed by atoms with Crippen molar-refractivity contribution in [3.05, 3.63) is 30.1 Å². The molecule has 25 heavy (non-hydrogen) atoms. The van der Waals surface area contributed by atoms with Gasteiger partial charge in [0.05, 0.1) is 7.11 Å². The van der Waals surface area contributed by atoms with E-state index in [1.54, 1.807) is 23.8 Å². The van der Waals surface area contributed by atoms with Crippen LogP contribution in [0.4, 0.5) is 0 Å². The van der Waals surface area contributed by atoms with Gasteiger partial charge in [0, 0.05) is 31.2 Å². The van der Waals surface area contributed by atoms with Gasteiger partial charge in [0.25, 0.3) is 0 Å². The zero-order valence-electron chi connectivity index (χ0n) is 14.4. The first kappa shape index (κ1) is 20.6. The maximum atomic E-state index is 12.0. The molecular weight excluding hydrogens is 326 g/mol. The van der Waals surface area contributed by atoms with Crippen LogP contribution in [-0.2, 0) is 25.5 Å². The van der Waals surface area contributed by atoms with Gasteiger partial charge in [-0.1, -0.05) is 18.9 Å². The van der Waals surface area contributed by atoms with Crippen molar-refractivity contribution in [1.29, 1.82) is 0 Å². The molecule has 0 bridgehead atoms. The lowest BCUT2D eigenvalue weighted by Crippen LogP contribution is -2.43. The van der Waals surface area contributed by atoms with Crippen LogP contribution in [0.3, 0.4) is 0 Å². The smallest absolute Gasteiger partial charge is 0.328 e. The van der Waals surface area contributed by atoms with Crippen LogP contribution in [0, 0.1) is 0 Å². The van der Waals surface area contributed by atoms with Crippen molar-refractivity contribution >= 4 is 17.8 Å². The minimum absolute atomic E-state index is 0.223. The maximum absolute atomic E-state index is 12.0. The predicted molar refractivity (Wildman–Crippen MR) is 89.5 cm³/mol. The second-order valence-electron chi connectivity index (χ2n) is 5.62. The highest BCUT2D eigenvalue weighted by molar-refractivity contribution is 5.84. The first-order chi connectivity index (χ1) is 12.1. The Hall–Kier alpha value is -2.48. The highest BCUT2D eigenvalue weighted by Gasteiger charge is 2.22. The van der Waals surface area contributed by atoms with Gasteiger partial charge in [-0.25, -0.2) is 10.3 Å². The Kier molecular flexibility index (Phi) is 9.84. The van der Waals surface area contributed by atoms with Crippen LogP contribution in [0.25, 0.3) is 0 Å². The van der Waals surface area contributed by atoms with E-state index in [-0.39, 0.29) is 18.7 Å². The molecule has 8 nitrogen and oxygen atoms in total. The van der Waals surface area contributed by atoms with E-state index in [2.05, 4.69) is 10.3 Å². The summed E-state index contributed by atoms with van der Waals surface area (Å²) in [6.07, 6.45) is 5.34. The van der Waals surface area contributed by atoms with Crippen LogP contribution in [0.2, 0.25) is 0 Å². The molecule has 0 aliphatic carbocycles. The van der Waals surface area contributed by atoms with Crippen molar-refractivity contribution in [1.82, 2.24) is 15.8 Å². The van der Waals surface area contributed by atoms with Gasteiger partial charge in [-0.2, -0.15) is 0 Å². The monoisotopic (exact) mass is 351 g/mol. The minimum Gasteiger partial charge on any atom is -0.467 e. The number of aromatic nitrogens is 1. The summed E-state index contributed by atoms with van der Waals surface area (Å²) in [6.45, 7) is 0. The third-order valence-electron chi connectivity index (χ3n) is 3.64. The quantitative estimate of drug-likeness (QED) is 0.238. The molecular formula is C17H25N3O5. The fourth-order valence-electron chi connectivity index (χ4n) is 2.31. The second kappa shape index (κ2) is 12.0. The molecule has 0 aromatic carbocycles. The standard InChI is InChI=1S/C17H25N3O5/c1-25-17(23)14(12-13-8-6-7-11-18-13)19-15(21)9-4-2-3-5-10-16(22)20-24/h6-8,11,14,24H,2-5,9-10,12H2,1H3,(H,19,21)(H,20,22)/t14-/m1/s1. The largest absolute Gasteiger partial charge is 0.467 e. The number of hydrogen-bond donors (Lipinski definition) is 3. The number of amides is 2. The number of esters is 1. The van der Waals surface area contributed by atoms with Crippen LogP contribution in [-0.4, -0.2) is 41.1 Å². The summed E-state index contributed by atoms with van der Waals surface area (Å²) in [5.41, 5.74) is 2.27. The average Bonchev–Trinajstić information content (AvgIpc) is 2.63. The fraction of sp³-hybridized carbons (Fsp3) is 0.529. The lowest BCUT2D eigenvalue weighted by Gasteiger charge is -2.16. The first-order valence-corrected chi connectivity index (χ1v) is 8.27. The van der Waals surface area contributed by atoms with Crippen molar-refractivity contribution in [3.8, 4) is 0 Å². The van der Waals surface area contributed by atoms with E-state index < -0.39 is 17.9 Å². The molecule has 1 aromatic heterocycles. The molecule has 0 spiro atoms. The average molecular weight is 351 g/mol. The molecule has 0 fully saturated rings. The number of nitrogens with zero attached hydrogens (tertiary/aromatic N) is 1. The molecule has 1 rings (SSSR count). The molecule has 1 heterocycles. The number of hydrogen-bond acceptors (Lipinski definition) is 6. The fourth-order valence-corrected chi connectivity index (χ4v) is 2.31. The molecule has 3 N–H and O–H groups in total. The minimum atomic E-state index is -0.763. The van der Waals surface area contributed by atoms with Crippen LogP contribution in [0.5, 0.6) is 0 Å². The summed E-state index contributed by atoms with van der Waals surface area (Å²) in [6, 6.07) is 4.61. The second-order valence-corrected chi connectivity index (χ2v) is 5.62. The van der Waals surface area contributed by atoms with Crippen molar-refractivity contribution in [3.63, 3.8) is 0 Å². The molecule has 8 heteroatoms. The zero-order chi connectivity index (χ0) is 18.5. The van der Waals surface area contributed by atoms with Crippen molar-refractivity contribution in [2.24, 2.45) is 0 Å². The highest BCUT2D eigenvalue weighted by atomic mass is 16.5. The Morgan fingerprint density at radius 1 is 1.12 bits per heavy atom. The Morgan fingerprint density at radius 2 is 1.80 bits per heavy atom. The van der Waals surface area contributed by atoms with Gasteiger partial charge in [0.2, 0.25) is 11.8 Å². The number of nitrogens with one attached hydrogen (secondary N) is 2. The van der Waals surface area contributed by atoms with E-state index in [0.717, 1.165) is 12.8 Å². The molecule has 0 unspecified atom stereocenters. The third-order valence-corrected chi connectivity index (χ3v) is 3.64. The summed E-state index contributed by atoms with van der Waals surface area (Å²) in [7, 11) is 1.28. The van der Waals surface area contributed by atoms with Gasteiger partial charge < -0.3 is 10.1 Å². The third kappa shape index (κ3) is 8.80. The van der Waals surface area contributed by atoms with Gasteiger partial charge in [-0.15, -0.1) is 0 Å². The van der Waals surface area contributed by atoms with Crippen molar-refractivity contribution in [2.45, 2.75) is 51.0 Å². The lowest BCUT2D eigenvalue weighted by atomic mass is 10.1. The molecule has 2 amide bonds. The molecule has 0 saturated carbocycles. The number of pyridine rings is 1. The lowest BCUT2D eigenvalue weighted by molar-refractivity contribution is -0.145. The number of carbonyl (C=O) groups excluding carboxylic acids is 3. The van der Waals surface area contributed by atoms with E-state index in [9.17, 15) is 14.4 Å². The van der Waals surface area contributed by atoms with Crippen molar-refractivity contribution in [2.75, 3.05) is 7.11 Å². The molecule has 0 aliphatic rings. The molecule has 0 radical (unpaired) electrons. The maximum Gasteiger partial charge on any atom is 0.328 e. The Labute approximate surface area is 146 Å². The van der Waals surface area contributed by atoms with Crippen molar-refractivity contribution < 1.29 is 24.3 Å². The van der Waals surface area contributed by atoms with Crippen LogP contribution < -0.4 is 10.8 Å². The summed E-state index contributed by atoms with van der Waals surface area (Å²) in [5, 5.41) is 11.1.